The molecule has 28 heavy (non-hydrogen) atoms. The van der Waals surface area contributed by atoms with Gasteiger partial charge in [0, 0.05) is 33.3 Å². The first-order valence-electron chi connectivity index (χ1n) is 9.98. The van der Waals surface area contributed by atoms with Crippen molar-refractivity contribution >= 4 is 31.5 Å². The zero-order chi connectivity index (χ0) is 20.0. The van der Waals surface area contributed by atoms with Crippen LogP contribution in [0.2, 0.25) is 0 Å². The molecule has 0 aliphatic rings. The lowest BCUT2D eigenvalue weighted by atomic mass is 10.00. The SMILES string of the molecule is [2H]C(C)(C)c1ccnc(-c2ccc3sc4ccc(-c5ccccc5)cc4c3c2)c1. The molecule has 3 aromatic carbocycles. The fourth-order valence-electron chi connectivity index (χ4n) is 3.65. The van der Waals surface area contributed by atoms with Crippen LogP contribution in [0, 0.1) is 0 Å². The molecule has 0 aliphatic carbocycles. The molecule has 0 atom stereocenters. The van der Waals surface area contributed by atoms with Gasteiger partial charge in [0.15, 0.2) is 0 Å². The lowest BCUT2D eigenvalue weighted by Crippen LogP contribution is -1.90. The molecular weight excluding hydrogens is 358 g/mol. The number of benzene rings is 3. The summed E-state index contributed by atoms with van der Waals surface area (Å²) < 4.78 is 10.9. The lowest BCUT2D eigenvalue weighted by Gasteiger charge is -2.08. The number of nitrogens with zero attached hydrogens (tertiary/aromatic N) is 1. The number of thiophene rings is 1. The first-order chi connectivity index (χ1) is 14.0. The Labute approximate surface area is 170 Å². The summed E-state index contributed by atoms with van der Waals surface area (Å²) in [5.74, 6) is -0.637. The first kappa shape index (κ1) is 16.0. The molecule has 2 heteroatoms. The molecule has 0 spiro atoms. The van der Waals surface area contributed by atoms with Crippen molar-refractivity contribution in [2.75, 3.05) is 0 Å². The van der Waals surface area contributed by atoms with Crippen LogP contribution >= 0.6 is 11.3 Å². The normalized spacial score (nSPS) is 12.4. The molecule has 1 nitrogen and oxygen atoms in total. The fourth-order valence-corrected chi connectivity index (χ4v) is 4.71. The molecule has 2 heterocycles. The van der Waals surface area contributed by atoms with Crippen molar-refractivity contribution in [2.24, 2.45) is 0 Å². The van der Waals surface area contributed by atoms with Gasteiger partial charge in [0.1, 0.15) is 0 Å². The Hall–Kier alpha value is -2.97. The van der Waals surface area contributed by atoms with Crippen LogP contribution in [0.15, 0.2) is 85.1 Å². The number of aromatic nitrogens is 1. The zero-order valence-corrected chi connectivity index (χ0v) is 16.8. The molecule has 0 saturated carbocycles. The predicted octanol–water partition coefficient (Wildman–Crippen LogP) is 7.91. The van der Waals surface area contributed by atoms with E-state index in [0.717, 1.165) is 16.8 Å². The van der Waals surface area contributed by atoms with Crippen LogP contribution in [0.4, 0.5) is 0 Å². The molecule has 0 radical (unpaired) electrons. The van der Waals surface area contributed by atoms with Gasteiger partial charge < -0.3 is 0 Å². The van der Waals surface area contributed by atoms with Crippen LogP contribution in [0.1, 0.15) is 26.7 Å². The van der Waals surface area contributed by atoms with Crippen molar-refractivity contribution in [3.05, 3.63) is 90.6 Å². The minimum atomic E-state index is -0.637. The van der Waals surface area contributed by atoms with E-state index in [1.165, 1.54) is 31.3 Å². The third-order valence-corrected chi connectivity index (χ3v) is 6.36. The molecule has 0 amide bonds. The summed E-state index contributed by atoms with van der Waals surface area (Å²) in [6.07, 6.45) is 1.81. The van der Waals surface area contributed by atoms with Crippen molar-refractivity contribution in [1.29, 1.82) is 0 Å². The van der Waals surface area contributed by atoms with E-state index in [9.17, 15) is 0 Å². The number of hydrogen-bond donors (Lipinski definition) is 0. The maximum atomic E-state index is 8.33. The van der Waals surface area contributed by atoms with Gasteiger partial charge in [-0.1, -0.05) is 56.3 Å². The van der Waals surface area contributed by atoms with Gasteiger partial charge in [-0.15, -0.1) is 11.3 Å². The molecule has 0 aliphatic heterocycles. The van der Waals surface area contributed by atoms with Gasteiger partial charge in [-0.25, -0.2) is 0 Å². The van der Waals surface area contributed by atoms with Gasteiger partial charge in [-0.2, -0.15) is 0 Å². The minimum absolute atomic E-state index is 0.637. The van der Waals surface area contributed by atoms with E-state index in [2.05, 4.69) is 65.6 Å². The predicted molar refractivity (Wildman–Crippen MR) is 122 cm³/mol. The number of rotatable bonds is 3. The van der Waals surface area contributed by atoms with Gasteiger partial charge in [-0.05, 0) is 59.0 Å². The lowest BCUT2D eigenvalue weighted by molar-refractivity contribution is 0.864. The molecule has 0 N–H and O–H groups in total. The second-order valence-electron chi connectivity index (χ2n) is 7.32. The smallest absolute Gasteiger partial charge is 0.0705 e. The second kappa shape index (κ2) is 6.88. The summed E-state index contributed by atoms with van der Waals surface area (Å²) in [7, 11) is 0. The molecule has 5 rings (SSSR count). The van der Waals surface area contributed by atoms with Gasteiger partial charge >= 0.3 is 0 Å². The summed E-state index contributed by atoms with van der Waals surface area (Å²) in [5.41, 5.74) is 5.46. The molecule has 0 unspecified atom stereocenters. The highest BCUT2D eigenvalue weighted by Gasteiger charge is 2.10. The van der Waals surface area contributed by atoms with Crippen LogP contribution in [-0.2, 0) is 0 Å². The highest BCUT2D eigenvalue weighted by atomic mass is 32.1. The van der Waals surface area contributed by atoms with Crippen molar-refractivity contribution in [2.45, 2.75) is 19.7 Å². The van der Waals surface area contributed by atoms with E-state index < -0.39 is 5.89 Å². The molecule has 2 aromatic heterocycles. The van der Waals surface area contributed by atoms with Crippen LogP contribution in [-0.4, -0.2) is 4.98 Å². The van der Waals surface area contributed by atoms with Crippen LogP contribution in [0.5, 0.6) is 0 Å². The second-order valence-corrected chi connectivity index (χ2v) is 8.40. The standard InChI is InChI=1S/C26H21NS/c1-17(2)19-12-13-27-24(16-19)21-9-11-26-23(15-21)22-14-20(8-10-25(22)28-26)18-6-4-3-5-7-18/h3-17H,1-2H3/i17D. The number of pyridine rings is 1. The van der Waals surface area contributed by atoms with E-state index in [1.807, 2.05) is 49.6 Å². The van der Waals surface area contributed by atoms with E-state index in [1.54, 1.807) is 0 Å². The van der Waals surface area contributed by atoms with Crippen molar-refractivity contribution in [3.8, 4) is 22.4 Å². The Morgan fingerprint density at radius 2 is 1.43 bits per heavy atom. The molecule has 136 valence electrons. The van der Waals surface area contributed by atoms with Crippen LogP contribution < -0.4 is 0 Å². The van der Waals surface area contributed by atoms with Crippen LogP contribution in [0.25, 0.3) is 42.6 Å². The van der Waals surface area contributed by atoms with Gasteiger partial charge in [-0.3, -0.25) is 4.98 Å². The highest BCUT2D eigenvalue weighted by molar-refractivity contribution is 7.25. The molecule has 0 fully saturated rings. The van der Waals surface area contributed by atoms with Crippen LogP contribution in [0.3, 0.4) is 0 Å². The van der Waals surface area contributed by atoms with Crippen molar-refractivity contribution in [1.82, 2.24) is 4.98 Å². The third-order valence-electron chi connectivity index (χ3n) is 5.21. The highest BCUT2D eigenvalue weighted by Crippen LogP contribution is 2.38. The summed E-state index contributed by atoms with van der Waals surface area (Å²) in [6, 6.07) is 27.8. The zero-order valence-electron chi connectivity index (χ0n) is 16.9. The molecule has 5 aromatic rings. The number of hydrogen-bond acceptors (Lipinski definition) is 2. The average Bonchev–Trinajstić information content (AvgIpc) is 3.11. The minimum Gasteiger partial charge on any atom is -0.256 e. The van der Waals surface area contributed by atoms with E-state index in [4.69, 9.17) is 1.37 Å². The maximum absolute atomic E-state index is 8.33. The fraction of sp³-hybridized carbons (Fsp3) is 0.115. The topological polar surface area (TPSA) is 12.9 Å². The average molecular weight is 381 g/mol. The Bertz CT molecular complexity index is 1330. The number of fused-ring (bicyclic) bond motifs is 3. The van der Waals surface area contributed by atoms with Gasteiger partial charge in [0.25, 0.3) is 0 Å². The summed E-state index contributed by atoms with van der Waals surface area (Å²) >= 11 is 1.83. The van der Waals surface area contributed by atoms with E-state index in [-0.39, 0.29) is 0 Å². The monoisotopic (exact) mass is 380 g/mol. The Kier molecular flexibility index (Phi) is 3.94. The Morgan fingerprint density at radius 1 is 0.750 bits per heavy atom. The summed E-state index contributed by atoms with van der Waals surface area (Å²) in [4.78, 5) is 4.58. The van der Waals surface area contributed by atoms with Gasteiger partial charge in [0.2, 0.25) is 0 Å². The summed E-state index contributed by atoms with van der Waals surface area (Å²) in [5, 5.41) is 2.54. The van der Waals surface area contributed by atoms with Crippen molar-refractivity contribution in [3.63, 3.8) is 0 Å². The maximum Gasteiger partial charge on any atom is 0.0705 e. The Morgan fingerprint density at radius 3 is 2.14 bits per heavy atom. The molecule has 0 bridgehead atoms. The Balaban J connectivity index is 1.67. The third kappa shape index (κ3) is 3.00. The quantitative estimate of drug-likeness (QED) is 0.310. The van der Waals surface area contributed by atoms with Gasteiger partial charge in [0.05, 0.1) is 5.69 Å². The molecule has 0 saturated heterocycles. The van der Waals surface area contributed by atoms with E-state index in [0.29, 0.717) is 0 Å². The van der Waals surface area contributed by atoms with Crippen molar-refractivity contribution < 1.29 is 1.37 Å². The largest absolute Gasteiger partial charge is 0.256 e. The summed E-state index contributed by atoms with van der Waals surface area (Å²) in [6.45, 7) is 3.82. The van der Waals surface area contributed by atoms with E-state index >= 15 is 0 Å². The first-order valence-corrected chi connectivity index (χ1v) is 10.3. The molecular formula is C26H21NS.